The molecule has 0 amide bonds. The van der Waals surface area contributed by atoms with E-state index in [1.807, 2.05) is 24.7 Å². The van der Waals surface area contributed by atoms with Crippen LogP contribution in [0.4, 0.5) is 5.69 Å². The van der Waals surface area contributed by atoms with Crippen molar-refractivity contribution in [3.63, 3.8) is 0 Å². The maximum absolute atomic E-state index is 11.3. The molecule has 6 nitrogen and oxygen atoms in total. The number of hydrogen-bond donors (Lipinski definition) is 2. The Hall–Kier alpha value is -1.38. The molecule has 8 heteroatoms. The molecule has 0 bridgehead atoms. The van der Waals surface area contributed by atoms with Gasteiger partial charge in [-0.2, -0.15) is 0 Å². The first-order valence-electron chi connectivity index (χ1n) is 5.85. The molecule has 0 saturated carbocycles. The Morgan fingerprint density at radius 2 is 2.15 bits per heavy atom. The summed E-state index contributed by atoms with van der Waals surface area (Å²) >= 11 is 3.34. The highest BCUT2D eigenvalue weighted by Gasteiger charge is 2.14. The summed E-state index contributed by atoms with van der Waals surface area (Å²) in [7, 11) is -1.78. The molecule has 1 aromatic carbocycles. The number of imidazole rings is 1. The van der Waals surface area contributed by atoms with Crippen LogP contribution in [-0.2, 0) is 17.1 Å². The minimum Gasteiger partial charge on any atom is -0.374 e. The van der Waals surface area contributed by atoms with Crippen LogP contribution < -0.4 is 10.5 Å². The van der Waals surface area contributed by atoms with E-state index in [2.05, 4.69) is 26.2 Å². The van der Waals surface area contributed by atoms with E-state index < -0.39 is 10.0 Å². The molecule has 0 saturated heterocycles. The van der Waals surface area contributed by atoms with Crippen LogP contribution in [-0.4, -0.2) is 18.0 Å². The van der Waals surface area contributed by atoms with Crippen molar-refractivity contribution in [2.24, 2.45) is 12.2 Å². The predicted octanol–water partition coefficient (Wildman–Crippen LogP) is 2.00. The maximum atomic E-state index is 11.3. The van der Waals surface area contributed by atoms with Crippen molar-refractivity contribution < 1.29 is 8.42 Å². The summed E-state index contributed by atoms with van der Waals surface area (Å²) in [4.78, 5) is 4.34. The van der Waals surface area contributed by atoms with Gasteiger partial charge >= 0.3 is 0 Å². The fourth-order valence-electron chi connectivity index (χ4n) is 1.88. The molecule has 1 unspecified atom stereocenters. The number of nitrogens with one attached hydrogen (secondary N) is 1. The quantitative estimate of drug-likeness (QED) is 0.874. The summed E-state index contributed by atoms with van der Waals surface area (Å²) < 4.78 is 25.1. The van der Waals surface area contributed by atoms with Gasteiger partial charge in [-0.1, -0.05) is 0 Å². The molecule has 0 aliphatic rings. The predicted molar refractivity (Wildman–Crippen MR) is 80.8 cm³/mol. The Morgan fingerprint density at radius 1 is 1.45 bits per heavy atom. The molecule has 2 aromatic rings. The number of aryl methyl sites for hydroxylation is 1. The molecule has 0 radical (unpaired) electrons. The van der Waals surface area contributed by atoms with Crippen molar-refractivity contribution >= 4 is 31.6 Å². The lowest BCUT2D eigenvalue weighted by Crippen LogP contribution is -2.14. The van der Waals surface area contributed by atoms with Crippen LogP contribution in [0.1, 0.15) is 18.8 Å². The minimum atomic E-state index is -3.69. The van der Waals surface area contributed by atoms with Gasteiger partial charge in [0.05, 0.1) is 10.9 Å². The lowest BCUT2D eigenvalue weighted by Gasteiger charge is -2.16. The summed E-state index contributed by atoms with van der Waals surface area (Å²) in [5.41, 5.74) is 0.771. The zero-order valence-corrected chi connectivity index (χ0v) is 13.4. The van der Waals surface area contributed by atoms with Gasteiger partial charge in [0.1, 0.15) is 5.82 Å². The van der Waals surface area contributed by atoms with Crippen molar-refractivity contribution in [1.29, 1.82) is 0 Å². The van der Waals surface area contributed by atoms with Gasteiger partial charge in [-0.05, 0) is 41.1 Å². The Morgan fingerprint density at radius 3 is 2.65 bits per heavy atom. The number of rotatable bonds is 4. The van der Waals surface area contributed by atoms with Gasteiger partial charge in [0.2, 0.25) is 10.0 Å². The molecule has 2 rings (SSSR count). The molecule has 1 aromatic heterocycles. The van der Waals surface area contributed by atoms with Crippen LogP contribution in [0.25, 0.3) is 0 Å². The molecule has 0 aliphatic heterocycles. The zero-order valence-electron chi connectivity index (χ0n) is 11.0. The Balaban J connectivity index is 2.25. The minimum absolute atomic E-state index is 0.0216. The number of nitrogens with two attached hydrogens (primary N) is 1. The van der Waals surface area contributed by atoms with E-state index in [9.17, 15) is 8.42 Å². The van der Waals surface area contributed by atoms with Crippen LogP contribution in [0.3, 0.4) is 0 Å². The third kappa shape index (κ3) is 3.20. The topological polar surface area (TPSA) is 90.0 Å². The van der Waals surface area contributed by atoms with E-state index in [1.54, 1.807) is 12.3 Å². The van der Waals surface area contributed by atoms with E-state index in [1.165, 1.54) is 12.1 Å². The van der Waals surface area contributed by atoms with E-state index in [0.717, 1.165) is 11.5 Å². The number of sulfonamides is 1. The van der Waals surface area contributed by atoms with Gasteiger partial charge in [0, 0.05) is 29.6 Å². The standard InChI is InChI=1S/C12H15BrN4O2S/c1-8(12-15-5-6-17(12)2)16-11-4-3-9(7-10(11)13)20(14,18)19/h3-8,16H,1-2H3,(H2,14,18,19). The molecule has 3 N–H and O–H groups in total. The molecule has 1 atom stereocenters. The van der Waals surface area contributed by atoms with Crippen LogP contribution >= 0.6 is 15.9 Å². The second-order valence-corrected chi connectivity index (χ2v) is 6.86. The van der Waals surface area contributed by atoms with Gasteiger partial charge in [-0.15, -0.1) is 0 Å². The molecule has 20 heavy (non-hydrogen) atoms. The van der Waals surface area contributed by atoms with Gasteiger partial charge < -0.3 is 9.88 Å². The summed E-state index contributed by atoms with van der Waals surface area (Å²) in [6, 6.07) is 4.59. The highest BCUT2D eigenvalue weighted by Crippen LogP contribution is 2.28. The summed E-state index contributed by atoms with van der Waals surface area (Å²) in [5, 5.41) is 8.36. The number of anilines is 1. The molecule has 108 valence electrons. The van der Waals surface area contributed by atoms with Crippen molar-refractivity contribution in [1.82, 2.24) is 9.55 Å². The monoisotopic (exact) mass is 358 g/mol. The van der Waals surface area contributed by atoms with E-state index >= 15 is 0 Å². The fraction of sp³-hybridized carbons (Fsp3) is 0.250. The lowest BCUT2D eigenvalue weighted by atomic mass is 10.2. The van der Waals surface area contributed by atoms with E-state index in [0.29, 0.717) is 4.47 Å². The number of hydrogen-bond acceptors (Lipinski definition) is 4. The van der Waals surface area contributed by atoms with Crippen molar-refractivity contribution in [2.75, 3.05) is 5.32 Å². The Bertz CT molecular complexity index is 727. The number of aromatic nitrogens is 2. The third-order valence-corrected chi connectivity index (χ3v) is 4.45. The average molecular weight is 359 g/mol. The summed E-state index contributed by atoms with van der Waals surface area (Å²) in [6.45, 7) is 1.97. The molecule has 0 spiro atoms. The van der Waals surface area contributed by atoms with Crippen LogP contribution in [0.2, 0.25) is 0 Å². The first-order valence-corrected chi connectivity index (χ1v) is 8.19. The molecule has 0 fully saturated rings. The smallest absolute Gasteiger partial charge is 0.238 e. The third-order valence-electron chi connectivity index (χ3n) is 2.89. The van der Waals surface area contributed by atoms with Crippen LogP contribution in [0.5, 0.6) is 0 Å². The average Bonchev–Trinajstić information content (AvgIpc) is 2.76. The zero-order chi connectivity index (χ0) is 14.9. The molecule has 1 heterocycles. The first kappa shape index (κ1) is 15.0. The molecule has 0 aliphatic carbocycles. The number of benzene rings is 1. The van der Waals surface area contributed by atoms with Gasteiger partial charge in [-0.3, -0.25) is 0 Å². The normalized spacial score (nSPS) is 13.2. The van der Waals surface area contributed by atoms with Crippen molar-refractivity contribution in [3.8, 4) is 0 Å². The van der Waals surface area contributed by atoms with Gasteiger partial charge in [0.25, 0.3) is 0 Å². The Kier molecular flexibility index (Phi) is 4.17. The van der Waals surface area contributed by atoms with Crippen LogP contribution in [0, 0.1) is 0 Å². The highest BCUT2D eigenvalue weighted by atomic mass is 79.9. The number of halogens is 1. The van der Waals surface area contributed by atoms with Crippen molar-refractivity contribution in [2.45, 2.75) is 17.9 Å². The summed E-state index contributed by atoms with van der Waals surface area (Å²) in [5.74, 6) is 0.882. The maximum Gasteiger partial charge on any atom is 0.238 e. The van der Waals surface area contributed by atoms with Gasteiger partial charge in [0.15, 0.2) is 0 Å². The fourth-order valence-corrected chi connectivity index (χ4v) is 3.07. The van der Waals surface area contributed by atoms with E-state index in [-0.39, 0.29) is 10.9 Å². The summed E-state index contributed by atoms with van der Waals surface area (Å²) in [6.07, 6.45) is 3.60. The molecular formula is C12H15BrN4O2S. The second-order valence-electron chi connectivity index (χ2n) is 4.45. The lowest BCUT2D eigenvalue weighted by molar-refractivity contribution is 0.598. The first-order chi connectivity index (χ1) is 9.29. The molecular weight excluding hydrogens is 344 g/mol. The highest BCUT2D eigenvalue weighted by molar-refractivity contribution is 9.10. The van der Waals surface area contributed by atoms with Gasteiger partial charge in [-0.25, -0.2) is 18.5 Å². The van der Waals surface area contributed by atoms with E-state index in [4.69, 9.17) is 5.14 Å². The second kappa shape index (κ2) is 5.55. The SMILES string of the molecule is CC(Nc1ccc(S(N)(=O)=O)cc1Br)c1nccn1C. The number of nitrogens with zero attached hydrogens (tertiary/aromatic N) is 2. The number of primary sulfonamides is 1. The van der Waals surface area contributed by atoms with Crippen molar-refractivity contribution in [3.05, 3.63) is 40.9 Å². The Labute approximate surface area is 126 Å². The largest absolute Gasteiger partial charge is 0.374 e. The van der Waals surface area contributed by atoms with Crippen LogP contribution in [0.15, 0.2) is 40.0 Å².